The first-order chi connectivity index (χ1) is 9.22. The van der Waals surface area contributed by atoms with E-state index in [0.717, 1.165) is 11.1 Å². The normalized spacial score (nSPS) is 13.6. The van der Waals surface area contributed by atoms with Crippen LogP contribution in [0.4, 0.5) is 0 Å². The third-order valence-corrected chi connectivity index (χ3v) is 3.32. The van der Waals surface area contributed by atoms with E-state index in [1.54, 1.807) is 13.2 Å². The van der Waals surface area contributed by atoms with Gasteiger partial charge >= 0.3 is 0 Å². The van der Waals surface area contributed by atoms with Crippen molar-refractivity contribution < 1.29 is 9.53 Å². The molecule has 2 aromatic rings. The lowest BCUT2D eigenvalue weighted by Crippen LogP contribution is -2.00. The van der Waals surface area contributed by atoms with E-state index in [1.165, 1.54) is 0 Å². The van der Waals surface area contributed by atoms with Crippen LogP contribution in [0, 0.1) is 0 Å². The summed E-state index contributed by atoms with van der Waals surface area (Å²) in [5.74, 6) is 0.683. The number of hydrogen-bond donors (Lipinski definition) is 1. The van der Waals surface area contributed by atoms with Crippen LogP contribution in [0.25, 0.3) is 11.3 Å². The molecule has 0 aliphatic heterocycles. The fourth-order valence-electron chi connectivity index (χ4n) is 2.37. The second-order valence-electron chi connectivity index (χ2n) is 4.40. The topological polar surface area (TPSA) is 52.3 Å². The maximum atomic E-state index is 12.4. The summed E-state index contributed by atoms with van der Waals surface area (Å²) in [4.78, 5) is 12.4. The number of ketones is 1. The molecule has 0 atom stereocenters. The second kappa shape index (κ2) is 4.28. The van der Waals surface area contributed by atoms with Crippen molar-refractivity contribution in [3.8, 4) is 5.75 Å². The number of carbonyl (C=O) groups is 1. The Kier molecular flexibility index (Phi) is 2.60. The van der Waals surface area contributed by atoms with Crippen LogP contribution < -0.4 is 10.5 Å². The zero-order valence-electron chi connectivity index (χ0n) is 10.5. The SMILES string of the molecule is COc1cccc(C2=C(N)c3ccccc3C2=O)c1. The van der Waals surface area contributed by atoms with Gasteiger partial charge in [-0.15, -0.1) is 0 Å². The van der Waals surface area contributed by atoms with Crippen molar-refractivity contribution in [2.24, 2.45) is 5.73 Å². The molecular weight excluding hydrogens is 238 g/mol. The molecule has 2 N–H and O–H groups in total. The number of ether oxygens (including phenoxy) is 1. The summed E-state index contributed by atoms with van der Waals surface area (Å²) >= 11 is 0. The smallest absolute Gasteiger partial charge is 0.196 e. The minimum atomic E-state index is -0.0265. The summed E-state index contributed by atoms with van der Waals surface area (Å²) in [5.41, 5.74) is 9.48. The maximum Gasteiger partial charge on any atom is 0.196 e. The molecule has 0 spiro atoms. The van der Waals surface area contributed by atoms with Gasteiger partial charge in [-0.05, 0) is 17.7 Å². The van der Waals surface area contributed by atoms with Gasteiger partial charge in [0.05, 0.1) is 18.4 Å². The van der Waals surface area contributed by atoms with Gasteiger partial charge in [-0.2, -0.15) is 0 Å². The summed E-state index contributed by atoms with van der Waals surface area (Å²) in [6.07, 6.45) is 0. The number of allylic oxidation sites excluding steroid dienone is 1. The van der Waals surface area contributed by atoms with E-state index in [2.05, 4.69) is 0 Å². The second-order valence-corrected chi connectivity index (χ2v) is 4.40. The Bertz CT molecular complexity index is 701. The summed E-state index contributed by atoms with van der Waals surface area (Å²) in [5, 5.41) is 0. The van der Waals surface area contributed by atoms with Crippen molar-refractivity contribution in [3.63, 3.8) is 0 Å². The van der Waals surface area contributed by atoms with Gasteiger partial charge in [-0.25, -0.2) is 0 Å². The number of nitrogens with two attached hydrogens (primary N) is 1. The van der Waals surface area contributed by atoms with E-state index in [0.29, 0.717) is 22.6 Å². The van der Waals surface area contributed by atoms with Crippen molar-refractivity contribution in [1.82, 2.24) is 0 Å². The van der Waals surface area contributed by atoms with Crippen molar-refractivity contribution in [3.05, 3.63) is 65.2 Å². The van der Waals surface area contributed by atoms with Gasteiger partial charge in [-0.3, -0.25) is 4.79 Å². The van der Waals surface area contributed by atoms with E-state index >= 15 is 0 Å². The molecule has 0 unspecified atom stereocenters. The van der Waals surface area contributed by atoms with Gasteiger partial charge in [0.15, 0.2) is 5.78 Å². The summed E-state index contributed by atoms with van der Waals surface area (Å²) < 4.78 is 5.19. The van der Waals surface area contributed by atoms with Gasteiger partial charge in [0.2, 0.25) is 0 Å². The van der Waals surface area contributed by atoms with Crippen LogP contribution in [-0.2, 0) is 0 Å². The van der Waals surface area contributed by atoms with Crippen molar-refractivity contribution in [2.45, 2.75) is 0 Å². The van der Waals surface area contributed by atoms with Crippen molar-refractivity contribution in [2.75, 3.05) is 7.11 Å². The third kappa shape index (κ3) is 1.71. The minimum Gasteiger partial charge on any atom is -0.497 e. The van der Waals surface area contributed by atoms with E-state index in [9.17, 15) is 4.79 Å². The third-order valence-electron chi connectivity index (χ3n) is 3.32. The summed E-state index contributed by atoms with van der Waals surface area (Å²) in [6, 6.07) is 14.8. The van der Waals surface area contributed by atoms with Crippen molar-refractivity contribution >= 4 is 17.1 Å². The Hall–Kier alpha value is -2.55. The van der Waals surface area contributed by atoms with Crippen LogP contribution in [0.15, 0.2) is 48.5 Å². The number of methoxy groups -OCH3 is 1. The van der Waals surface area contributed by atoms with Crippen LogP contribution in [0.5, 0.6) is 5.75 Å². The van der Waals surface area contributed by atoms with E-state index in [-0.39, 0.29) is 5.78 Å². The van der Waals surface area contributed by atoms with E-state index < -0.39 is 0 Å². The number of hydrogen-bond acceptors (Lipinski definition) is 3. The molecule has 0 amide bonds. The molecule has 3 nitrogen and oxygen atoms in total. The highest BCUT2D eigenvalue weighted by Gasteiger charge is 2.28. The summed E-state index contributed by atoms with van der Waals surface area (Å²) in [6.45, 7) is 0. The van der Waals surface area contributed by atoms with Crippen molar-refractivity contribution in [1.29, 1.82) is 0 Å². The van der Waals surface area contributed by atoms with Gasteiger partial charge in [0, 0.05) is 11.1 Å². The molecular formula is C16H13NO2. The highest BCUT2D eigenvalue weighted by molar-refractivity contribution is 6.39. The molecule has 0 bridgehead atoms. The highest BCUT2D eigenvalue weighted by atomic mass is 16.5. The molecule has 3 heteroatoms. The fourth-order valence-corrected chi connectivity index (χ4v) is 2.37. The maximum absolute atomic E-state index is 12.4. The number of benzene rings is 2. The zero-order valence-corrected chi connectivity index (χ0v) is 10.5. The van der Waals surface area contributed by atoms with Crippen LogP contribution in [0.1, 0.15) is 21.5 Å². The molecule has 2 aromatic carbocycles. The summed E-state index contributed by atoms with van der Waals surface area (Å²) in [7, 11) is 1.60. The lowest BCUT2D eigenvalue weighted by molar-refractivity contribution is 0.105. The van der Waals surface area contributed by atoms with Crippen LogP contribution in [-0.4, -0.2) is 12.9 Å². The Morgan fingerprint density at radius 1 is 1.00 bits per heavy atom. The number of rotatable bonds is 2. The predicted molar refractivity (Wildman–Crippen MR) is 74.8 cm³/mol. The zero-order chi connectivity index (χ0) is 13.4. The molecule has 0 saturated heterocycles. The van der Waals surface area contributed by atoms with Gasteiger partial charge in [0.1, 0.15) is 5.75 Å². The average molecular weight is 251 g/mol. The standard InChI is InChI=1S/C16H13NO2/c1-19-11-6-4-5-10(9-11)14-15(17)12-7-2-3-8-13(12)16(14)18/h2-9H,17H2,1H3. The number of carbonyl (C=O) groups excluding carboxylic acids is 1. The largest absolute Gasteiger partial charge is 0.497 e. The van der Waals surface area contributed by atoms with Gasteiger partial charge in [0.25, 0.3) is 0 Å². The number of fused-ring (bicyclic) bond motifs is 1. The molecule has 0 radical (unpaired) electrons. The molecule has 94 valence electrons. The first-order valence-corrected chi connectivity index (χ1v) is 6.00. The lowest BCUT2D eigenvalue weighted by Gasteiger charge is -2.05. The minimum absolute atomic E-state index is 0.0265. The molecule has 3 rings (SSSR count). The first kappa shape index (κ1) is 11.5. The molecule has 19 heavy (non-hydrogen) atoms. The quantitative estimate of drug-likeness (QED) is 0.892. The molecule has 1 aliphatic rings. The molecule has 0 heterocycles. The Balaban J connectivity index is 2.17. The van der Waals surface area contributed by atoms with Crippen LogP contribution in [0.2, 0.25) is 0 Å². The first-order valence-electron chi connectivity index (χ1n) is 6.00. The molecule has 0 fully saturated rings. The van der Waals surface area contributed by atoms with Gasteiger partial charge < -0.3 is 10.5 Å². The highest BCUT2D eigenvalue weighted by Crippen LogP contribution is 2.36. The molecule has 0 saturated carbocycles. The van der Waals surface area contributed by atoms with Crippen LogP contribution >= 0.6 is 0 Å². The van der Waals surface area contributed by atoms with Crippen LogP contribution in [0.3, 0.4) is 0 Å². The van der Waals surface area contributed by atoms with Gasteiger partial charge in [-0.1, -0.05) is 36.4 Å². The Morgan fingerprint density at radius 2 is 1.74 bits per heavy atom. The Morgan fingerprint density at radius 3 is 2.42 bits per heavy atom. The average Bonchev–Trinajstić information content (AvgIpc) is 2.72. The lowest BCUT2D eigenvalue weighted by atomic mass is 10.0. The van der Waals surface area contributed by atoms with E-state index in [4.69, 9.17) is 10.5 Å². The Labute approximate surface area is 111 Å². The fraction of sp³-hybridized carbons (Fsp3) is 0.0625. The predicted octanol–water partition coefficient (Wildman–Crippen LogP) is 2.72. The monoisotopic (exact) mass is 251 g/mol. The molecule has 0 aromatic heterocycles. The number of Topliss-reactive ketones (excluding diaryl/α,β-unsaturated/α-hetero) is 1. The molecule has 1 aliphatic carbocycles. The van der Waals surface area contributed by atoms with E-state index in [1.807, 2.05) is 42.5 Å².